The summed E-state index contributed by atoms with van der Waals surface area (Å²) in [5.41, 5.74) is 0.222. The predicted molar refractivity (Wildman–Crippen MR) is 125 cm³/mol. The summed E-state index contributed by atoms with van der Waals surface area (Å²) in [5.74, 6) is -1.34. The van der Waals surface area contributed by atoms with Crippen LogP contribution < -0.4 is 25.4 Å². The molecule has 1 atom stereocenters. The van der Waals surface area contributed by atoms with E-state index in [4.69, 9.17) is 26.8 Å². The van der Waals surface area contributed by atoms with Crippen molar-refractivity contribution in [1.29, 1.82) is 0 Å². The Bertz CT molecular complexity index is 1180. The smallest absolute Gasteiger partial charge is 0.416 e. The van der Waals surface area contributed by atoms with Gasteiger partial charge in [0.2, 0.25) is 0 Å². The van der Waals surface area contributed by atoms with Gasteiger partial charge in [-0.3, -0.25) is 4.79 Å². The third-order valence-corrected chi connectivity index (χ3v) is 5.13. The lowest BCUT2D eigenvalue weighted by Crippen LogP contribution is -2.45. The van der Waals surface area contributed by atoms with E-state index in [0.29, 0.717) is 11.3 Å². The minimum Gasteiger partial charge on any atom is -0.490 e. The summed E-state index contributed by atoms with van der Waals surface area (Å²) in [7, 11) is 0. The number of halogens is 3. The van der Waals surface area contributed by atoms with E-state index in [1.54, 1.807) is 26.0 Å². The van der Waals surface area contributed by atoms with Gasteiger partial charge in [0, 0.05) is 11.4 Å². The number of anilines is 1. The Morgan fingerprint density at radius 3 is 2.54 bits per heavy atom. The van der Waals surface area contributed by atoms with Crippen molar-refractivity contribution >= 4 is 34.9 Å². The van der Waals surface area contributed by atoms with Gasteiger partial charge in [-0.05, 0) is 62.0 Å². The Kier molecular flexibility index (Phi) is 7.85. The molecular formula is C23H22F3N3O5S. The fourth-order valence-corrected chi connectivity index (χ4v) is 3.72. The van der Waals surface area contributed by atoms with E-state index in [9.17, 15) is 22.8 Å². The fraction of sp³-hybridized carbons (Fsp3) is 0.261. The van der Waals surface area contributed by atoms with Crippen LogP contribution in [0.3, 0.4) is 0 Å². The molecule has 3 rings (SSSR count). The molecular weight excluding hydrogens is 487 g/mol. The number of benzene rings is 2. The number of allylic oxidation sites excluding steroid dienone is 1. The minimum atomic E-state index is -4.56. The number of thiocarbonyl (C=S) groups is 1. The van der Waals surface area contributed by atoms with Crippen LogP contribution in [0.25, 0.3) is 0 Å². The molecule has 2 aromatic rings. The lowest BCUT2D eigenvalue weighted by Gasteiger charge is -2.30. The average Bonchev–Trinajstić information content (AvgIpc) is 2.77. The molecule has 1 heterocycles. The summed E-state index contributed by atoms with van der Waals surface area (Å²) in [5, 5.41) is 17.5. The standard InChI is InChI=1S/C23H22F3N3O5S/c1-3-33-17-9-13(7-8-16(17)34-11-18(30)31)20-19(12(2)27-22(35)29-20)21(32)28-15-6-4-5-14(10-15)23(24,25)26/h4-10,20H,3,11H2,1-2H3,(H,28,32)(H,30,31)(H2,27,29,35)/t20-/m0/s1. The highest BCUT2D eigenvalue weighted by atomic mass is 32.1. The third kappa shape index (κ3) is 6.41. The summed E-state index contributed by atoms with van der Waals surface area (Å²) >= 11 is 5.23. The van der Waals surface area contributed by atoms with E-state index in [1.165, 1.54) is 18.2 Å². The van der Waals surface area contributed by atoms with Crippen LogP contribution in [0.15, 0.2) is 53.7 Å². The molecule has 0 fully saturated rings. The van der Waals surface area contributed by atoms with Gasteiger partial charge in [0.1, 0.15) is 0 Å². The zero-order valence-electron chi connectivity index (χ0n) is 18.7. The highest BCUT2D eigenvalue weighted by Crippen LogP contribution is 2.35. The Morgan fingerprint density at radius 2 is 1.89 bits per heavy atom. The minimum absolute atomic E-state index is 0.0237. The highest BCUT2D eigenvalue weighted by Gasteiger charge is 2.32. The first-order valence-corrected chi connectivity index (χ1v) is 10.8. The molecule has 12 heteroatoms. The number of aliphatic carboxylic acids is 1. The Morgan fingerprint density at radius 1 is 1.14 bits per heavy atom. The van der Waals surface area contributed by atoms with Gasteiger partial charge in [-0.2, -0.15) is 13.2 Å². The van der Waals surface area contributed by atoms with E-state index < -0.39 is 36.3 Å². The molecule has 0 unspecified atom stereocenters. The second-order valence-electron chi connectivity index (χ2n) is 7.42. The van der Waals surface area contributed by atoms with Crippen molar-refractivity contribution in [2.75, 3.05) is 18.5 Å². The number of alkyl halides is 3. The van der Waals surface area contributed by atoms with Crippen LogP contribution in [0.5, 0.6) is 11.5 Å². The summed E-state index contributed by atoms with van der Waals surface area (Å²) in [6.07, 6.45) is -4.56. The van der Waals surface area contributed by atoms with Gasteiger partial charge in [-0.15, -0.1) is 0 Å². The Labute approximate surface area is 204 Å². The molecule has 1 amide bonds. The topological polar surface area (TPSA) is 109 Å². The van der Waals surface area contributed by atoms with Crippen LogP contribution >= 0.6 is 12.2 Å². The van der Waals surface area contributed by atoms with E-state index in [2.05, 4.69) is 16.0 Å². The van der Waals surface area contributed by atoms with Crippen LogP contribution in [0.1, 0.15) is 31.0 Å². The summed E-state index contributed by atoms with van der Waals surface area (Å²) in [6.45, 7) is 3.06. The Balaban J connectivity index is 1.95. The first-order valence-electron chi connectivity index (χ1n) is 10.4. The summed E-state index contributed by atoms with van der Waals surface area (Å²) in [4.78, 5) is 24.1. The van der Waals surface area contributed by atoms with Gasteiger partial charge in [-0.25, -0.2) is 4.79 Å². The number of carbonyl (C=O) groups excluding carboxylic acids is 1. The van der Waals surface area contributed by atoms with Crippen molar-refractivity contribution < 1.29 is 37.3 Å². The maximum absolute atomic E-state index is 13.2. The summed E-state index contributed by atoms with van der Waals surface area (Å²) in [6, 6.07) is 8.23. The number of carboxylic acid groups (broad SMARTS) is 1. The van der Waals surface area contributed by atoms with Crippen molar-refractivity contribution in [2.24, 2.45) is 0 Å². The number of rotatable bonds is 8. The second kappa shape index (κ2) is 10.6. The molecule has 8 nitrogen and oxygen atoms in total. The maximum Gasteiger partial charge on any atom is 0.416 e. The van der Waals surface area contributed by atoms with E-state index in [-0.39, 0.29) is 34.5 Å². The van der Waals surface area contributed by atoms with E-state index in [0.717, 1.165) is 12.1 Å². The van der Waals surface area contributed by atoms with Crippen molar-refractivity contribution in [1.82, 2.24) is 10.6 Å². The SMILES string of the molecule is CCOc1cc([C@@H]2NC(=S)NC(C)=C2C(=O)Nc2cccc(C(F)(F)F)c2)ccc1OCC(=O)O. The lowest BCUT2D eigenvalue weighted by atomic mass is 9.94. The van der Waals surface area contributed by atoms with Crippen LogP contribution in [0, 0.1) is 0 Å². The molecule has 186 valence electrons. The zero-order valence-corrected chi connectivity index (χ0v) is 19.5. The van der Waals surface area contributed by atoms with Gasteiger partial charge in [-0.1, -0.05) is 12.1 Å². The number of hydrogen-bond donors (Lipinski definition) is 4. The number of hydrogen-bond acceptors (Lipinski definition) is 5. The predicted octanol–water partition coefficient (Wildman–Crippen LogP) is 4.00. The van der Waals surface area contributed by atoms with Crippen molar-refractivity contribution in [3.8, 4) is 11.5 Å². The molecule has 35 heavy (non-hydrogen) atoms. The van der Waals surface area contributed by atoms with Crippen molar-refractivity contribution in [2.45, 2.75) is 26.1 Å². The largest absolute Gasteiger partial charge is 0.490 e. The zero-order chi connectivity index (χ0) is 25.8. The maximum atomic E-state index is 13.2. The molecule has 0 spiro atoms. The lowest BCUT2D eigenvalue weighted by molar-refractivity contribution is -0.139. The first-order chi connectivity index (χ1) is 16.5. The molecule has 1 aliphatic rings. The van der Waals surface area contributed by atoms with E-state index in [1.807, 2.05) is 0 Å². The molecule has 2 aromatic carbocycles. The third-order valence-electron chi connectivity index (χ3n) is 4.91. The molecule has 0 aliphatic carbocycles. The monoisotopic (exact) mass is 509 g/mol. The van der Waals surface area contributed by atoms with Gasteiger partial charge in [0.15, 0.2) is 23.2 Å². The van der Waals surface area contributed by atoms with Crippen molar-refractivity contribution in [3.63, 3.8) is 0 Å². The number of carboxylic acids is 1. The Hall–Kier alpha value is -3.80. The number of carbonyl (C=O) groups is 2. The van der Waals surface area contributed by atoms with Crippen molar-refractivity contribution in [3.05, 3.63) is 64.9 Å². The van der Waals surface area contributed by atoms with E-state index >= 15 is 0 Å². The molecule has 0 bridgehead atoms. The first kappa shape index (κ1) is 25.8. The molecule has 0 saturated carbocycles. The van der Waals surface area contributed by atoms with Crippen LogP contribution in [-0.2, 0) is 15.8 Å². The number of amides is 1. The van der Waals surface area contributed by atoms with Crippen LogP contribution in [0.2, 0.25) is 0 Å². The molecule has 0 aromatic heterocycles. The summed E-state index contributed by atoms with van der Waals surface area (Å²) < 4.78 is 50.0. The molecule has 0 saturated heterocycles. The number of nitrogens with one attached hydrogen (secondary N) is 3. The van der Waals surface area contributed by atoms with Gasteiger partial charge < -0.3 is 30.5 Å². The van der Waals surface area contributed by atoms with Gasteiger partial charge >= 0.3 is 12.1 Å². The fourth-order valence-electron chi connectivity index (χ4n) is 3.45. The second-order valence-corrected chi connectivity index (χ2v) is 7.83. The molecule has 0 radical (unpaired) electrons. The molecule has 4 N–H and O–H groups in total. The highest BCUT2D eigenvalue weighted by molar-refractivity contribution is 7.80. The normalized spacial score (nSPS) is 15.7. The molecule has 1 aliphatic heterocycles. The van der Waals surface area contributed by atoms with Gasteiger partial charge in [0.05, 0.1) is 23.8 Å². The van der Waals surface area contributed by atoms with Crippen LogP contribution in [-0.4, -0.2) is 35.3 Å². The quantitative estimate of drug-likeness (QED) is 0.396. The number of ether oxygens (including phenoxy) is 2. The van der Waals surface area contributed by atoms with Crippen LogP contribution in [0.4, 0.5) is 18.9 Å². The average molecular weight is 510 g/mol. The van der Waals surface area contributed by atoms with Gasteiger partial charge in [0.25, 0.3) is 5.91 Å².